The van der Waals surface area contributed by atoms with E-state index in [1.807, 2.05) is 18.2 Å². The van der Waals surface area contributed by atoms with Crippen LogP contribution in [-0.4, -0.2) is 19.1 Å². The maximum Gasteiger partial charge on any atom is 0.135 e. The summed E-state index contributed by atoms with van der Waals surface area (Å²) >= 11 is 13.0. The minimum absolute atomic E-state index is 0.270. The summed E-state index contributed by atoms with van der Waals surface area (Å²) in [6.45, 7) is 0.270. The molecule has 0 saturated heterocycles. The van der Waals surface area contributed by atoms with Crippen LogP contribution in [-0.2, 0) is 6.61 Å². The molecule has 0 radical (unpaired) electrons. The van der Waals surface area contributed by atoms with Gasteiger partial charge in [0.2, 0.25) is 0 Å². The van der Waals surface area contributed by atoms with Crippen LogP contribution in [0.3, 0.4) is 0 Å². The van der Waals surface area contributed by atoms with Crippen molar-refractivity contribution in [1.82, 2.24) is 4.98 Å². The Morgan fingerprint density at radius 3 is 2.52 bits per heavy atom. The molecule has 0 atom stereocenters. The van der Waals surface area contributed by atoms with Gasteiger partial charge in [0, 0.05) is 7.05 Å². The zero-order valence-electron chi connectivity index (χ0n) is 11.4. The van der Waals surface area contributed by atoms with E-state index in [1.54, 1.807) is 20.2 Å². The highest BCUT2D eigenvalue weighted by Crippen LogP contribution is 2.36. The van der Waals surface area contributed by atoms with Gasteiger partial charge in [0.25, 0.3) is 0 Å². The molecule has 1 aromatic heterocycles. The van der Waals surface area contributed by atoms with Crippen LogP contribution < -0.4 is 14.8 Å². The molecule has 0 spiro atoms. The second kappa shape index (κ2) is 7.33. The van der Waals surface area contributed by atoms with Crippen molar-refractivity contribution in [2.75, 3.05) is 19.5 Å². The summed E-state index contributed by atoms with van der Waals surface area (Å²) < 4.78 is 12.6. The molecule has 0 bridgehead atoms. The van der Waals surface area contributed by atoms with Gasteiger partial charge in [0.1, 0.15) is 23.9 Å². The number of hydrogen-bond donors (Lipinski definition) is 1. The first-order chi connectivity index (χ1) is 10.0. The summed E-state index contributed by atoms with van der Waals surface area (Å²) in [5, 5.41) is 3.54. The van der Waals surface area contributed by atoms with Crippen molar-refractivity contribution in [1.29, 1.82) is 0 Å². The van der Waals surface area contributed by atoms with Gasteiger partial charge < -0.3 is 14.8 Å². The Bertz CT molecular complexity index is 653. The molecule has 112 valence electrons. The van der Waals surface area contributed by atoms with E-state index < -0.39 is 0 Å². The molecular formula is C14H13Br2ClN2O2. The zero-order valence-corrected chi connectivity index (χ0v) is 15.3. The zero-order chi connectivity index (χ0) is 15.4. The largest absolute Gasteiger partial charge is 0.496 e. The molecule has 0 aliphatic rings. The third kappa shape index (κ3) is 4.02. The minimum Gasteiger partial charge on any atom is -0.496 e. The van der Waals surface area contributed by atoms with Gasteiger partial charge in [-0.05, 0) is 56.1 Å². The fourth-order valence-electron chi connectivity index (χ4n) is 1.65. The molecule has 2 rings (SSSR count). The third-order valence-electron chi connectivity index (χ3n) is 2.75. The fraction of sp³-hybridized carbons (Fsp3) is 0.214. The van der Waals surface area contributed by atoms with Crippen molar-refractivity contribution in [2.24, 2.45) is 0 Å². The third-order valence-corrected chi connectivity index (χ3v) is 4.33. The van der Waals surface area contributed by atoms with E-state index >= 15 is 0 Å². The normalized spacial score (nSPS) is 10.3. The quantitative estimate of drug-likeness (QED) is 0.725. The topological polar surface area (TPSA) is 43.4 Å². The predicted molar refractivity (Wildman–Crippen MR) is 91.5 cm³/mol. The number of anilines is 1. The number of halogens is 3. The van der Waals surface area contributed by atoms with Crippen LogP contribution in [0.25, 0.3) is 0 Å². The number of benzene rings is 1. The predicted octanol–water partition coefficient (Wildman–Crippen LogP) is 4.89. The first-order valence-corrected chi connectivity index (χ1v) is 8.00. The molecule has 4 nitrogen and oxygen atoms in total. The molecule has 0 fully saturated rings. The SMILES string of the molecule is CNc1ccc(Cl)c(COc2cc(Br)c(OC)cc2Br)n1. The standard InChI is InChI=1S/C14H13Br2ClN2O2/c1-18-14-4-3-10(17)11(19-14)7-21-13-6-8(15)12(20-2)5-9(13)16/h3-6H,7H2,1-2H3,(H,18,19). The van der Waals surface area contributed by atoms with Gasteiger partial charge in [-0.25, -0.2) is 4.98 Å². The summed E-state index contributed by atoms with van der Waals surface area (Å²) in [5.41, 5.74) is 0.669. The number of ether oxygens (including phenoxy) is 2. The minimum atomic E-state index is 0.270. The number of pyridine rings is 1. The van der Waals surface area contributed by atoms with Crippen molar-refractivity contribution in [3.05, 3.63) is 43.9 Å². The maximum atomic E-state index is 6.13. The number of rotatable bonds is 5. The van der Waals surface area contributed by atoms with E-state index in [9.17, 15) is 0 Å². The van der Waals surface area contributed by atoms with Crippen molar-refractivity contribution < 1.29 is 9.47 Å². The molecule has 1 heterocycles. The Morgan fingerprint density at radius 1 is 1.19 bits per heavy atom. The number of nitrogens with one attached hydrogen (secondary N) is 1. The Labute approximate surface area is 145 Å². The molecule has 0 saturated carbocycles. The van der Waals surface area contributed by atoms with Crippen molar-refractivity contribution >= 4 is 49.3 Å². The van der Waals surface area contributed by atoms with E-state index in [2.05, 4.69) is 42.2 Å². The Kier molecular flexibility index (Phi) is 5.72. The van der Waals surface area contributed by atoms with Gasteiger partial charge in [0.05, 0.1) is 26.8 Å². The molecular weight excluding hydrogens is 423 g/mol. The van der Waals surface area contributed by atoms with Crippen LogP contribution in [0.1, 0.15) is 5.69 Å². The molecule has 0 aliphatic heterocycles. The van der Waals surface area contributed by atoms with Crippen LogP contribution >= 0.6 is 43.5 Å². The number of nitrogens with zero attached hydrogens (tertiary/aromatic N) is 1. The van der Waals surface area contributed by atoms with E-state index in [4.69, 9.17) is 21.1 Å². The van der Waals surface area contributed by atoms with Crippen molar-refractivity contribution in [3.8, 4) is 11.5 Å². The van der Waals surface area contributed by atoms with E-state index in [0.717, 1.165) is 20.5 Å². The van der Waals surface area contributed by atoms with Crippen molar-refractivity contribution in [3.63, 3.8) is 0 Å². The molecule has 0 unspecified atom stereocenters. The van der Waals surface area contributed by atoms with Crippen LogP contribution in [0, 0.1) is 0 Å². The highest BCUT2D eigenvalue weighted by molar-refractivity contribution is 9.11. The molecule has 7 heteroatoms. The fourth-order valence-corrected chi connectivity index (χ4v) is 2.73. The van der Waals surface area contributed by atoms with Gasteiger partial charge in [-0.1, -0.05) is 11.6 Å². The van der Waals surface area contributed by atoms with Gasteiger partial charge in [-0.15, -0.1) is 0 Å². The van der Waals surface area contributed by atoms with Crippen molar-refractivity contribution in [2.45, 2.75) is 6.61 Å². The molecule has 0 aliphatic carbocycles. The second-order valence-electron chi connectivity index (χ2n) is 4.08. The molecule has 2 aromatic rings. The summed E-state index contributed by atoms with van der Waals surface area (Å²) in [7, 11) is 3.41. The van der Waals surface area contributed by atoms with Gasteiger partial charge >= 0.3 is 0 Å². The van der Waals surface area contributed by atoms with Gasteiger partial charge in [-0.2, -0.15) is 0 Å². The summed E-state index contributed by atoms with van der Waals surface area (Å²) in [6, 6.07) is 7.26. The first kappa shape index (κ1) is 16.4. The van der Waals surface area contributed by atoms with Crippen LogP contribution in [0.2, 0.25) is 5.02 Å². The number of aromatic nitrogens is 1. The van der Waals surface area contributed by atoms with Crippen LogP contribution in [0.5, 0.6) is 11.5 Å². The van der Waals surface area contributed by atoms with Crippen LogP contribution in [0.15, 0.2) is 33.2 Å². The van der Waals surface area contributed by atoms with E-state index in [1.165, 1.54) is 0 Å². The number of hydrogen-bond acceptors (Lipinski definition) is 4. The van der Waals surface area contributed by atoms with Crippen LogP contribution in [0.4, 0.5) is 5.82 Å². The highest BCUT2D eigenvalue weighted by Gasteiger charge is 2.10. The lowest BCUT2D eigenvalue weighted by molar-refractivity contribution is 0.298. The number of methoxy groups -OCH3 is 1. The lowest BCUT2D eigenvalue weighted by atomic mass is 10.3. The van der Waals surface area contributed by atoms with E-state index in [-0.39, 0.29) is 6.61 Å². The summed E-state index contributed by atoms with van der Waals surface area (Å²) in [4.78, 5) is 4.37. The van der Waals surface area contributed by atoms with Gasteiger partial charge in [0.15, 0.2) is 0 Å². The first-order valence-electron chi connectivity index (χ1n) is 6.04. The molecule has 21 heavy (non-hydrogen) atoms. The summed E-state index contributed by atoms with van der Waals surface area (Å²) in [6.07, 6.45) is 0. The lowest BCUT2D eigenvalue weighted by Crippen LogP contribution is -2.02. The maximum absolute atomic E-state index is 6.13. The molecule has 0 amide bonds. The summed E-state index contributed by atoms with van der Waals surface area (Å²) in [5.74, 6) is 2.14. The average molecular weight is 437 g/mol. The molecule has 1 aromatic carbocycles. The highest BCUT2D eigenvalue weighted by atomic mass is 79.9. The average Bonchev–Trinajstić information content (AvgIpc) is 2.49. The second-order valence-corrected chi connectivity index (χ2v) is 6.20. The Hall–Kier alpha value is -0.980. The van der Waals surface area contributed by atoms with E-state index in [0.29, 0.717) is 16.5 Å². The molecule has 1 N–H and O–H groups in total. The lowest BCUT2D eigenvalue weighted by Gasteiger charge is -2.12. The van der Waals surface area contributed by atoms with Gasteiger partial charge in [-0.3, -0.25) is 0 Å². The Morgan fingerprint density at radius 2 is 1.86 bits per heavy atom. The smallest absolute Gasteiger partial charge is 0.135 e. The Balaban J connectivity index is 2.18. The monoisotopic (exact) mass is 434 g/mol.